The Kier molecular flexibility index (Phi) is 3.69. The molecule has 0 saturated carbocycles. The molecule has 0 aromatic carbocycles. The molecule has 14 heavy (non-hydrogen) atoms. The number of hydrogen-bond donors (Lipinski definition) is 2. The van der Waals surface area contributed by atoms with Crippen LogP contribution in [0, 0.1) is 0 Å². The van der Waals surface area contributed by atoms with E-state index in [1.165, 1.54) is 6.20 Å². The van der Waals surface area contributed by atoms with Crippen LogP contribution in [0.4, 0.5) is 0 Å². The maximum atomic E-state index is 11.3. The van der Waals surface area contributed by atoms with Gasteiger partial charge in [-0.1, -0.05) is 6.07 Å². The van der Waals surface area contributed by atoms with Crippen molar-refractivity contribution in [1.82, 2.24) is 10.4 Å². The molecule has 1 aromatic rings. The molecule has 6 heteroatoms. The number of nitrogens with one attached hydrogen (secondary N) is 1. The third-order valence-corrected chi connectivity index (χ3v) is 1.37. The Bertz CT molecular complexity index is 363. The average molecular weight is 208 g/mol. The van der Waals surface area contributed by atoms with Crippen LogP contribution in [-0.2, 0) is 0 Å². The molecule has 72 valence electrons. The highest BCUT2D eigenvalue weighted by Crippen LogP contribution is 1.92. The third kappa shape index (κ3) is 3.28. The third-order valence-electron chi connectivity index (χ3n) is 1.27. The van der Waals surface area contributed by atoms with Gasteiger partial charge in [-0.15, -0.1) is 0 Å². The topological polar surface area (TPSA) is 80.4 Å². The van der Waals surface area contributed by atoms with E-state index in [9.17, 15) is 4.79 Å². The summed E-state index contributed by atoms with van der Waals surface area (Å²) in [5.41, 5.74) is 7.69. The zero-order chi connectivity index (χ0) is 10.4. The van der Waals surface area contributed by atoms with Crippen LogP contribution in [0.2, 0.25) is 0 Å². The van der Waals surface area contributed by atoms with Crippen LogP contribution in [0.3, 0.4) is 0 Å². The number of hydrazone groups is 1. The first kappa shape index (κ1) is 10.3. The zero-order valence-electron chi connectivity index (χ0n) is 7.18. The molecule has 1 rings (SSSR count). The summed E-state index contributed by atoms with van der Waals surface area (Å²) in [7, 11) is 0. The maximum absolute atomic E-state index is 11.3. The highest BCUT2D eigenvalue weighted by atomic mass is 32.1. The minimum absolute atomic E-state index is 0.00932. The molecule has 5 nitrogen and oxygen atoms in total. The summed E-state index contributed by atoms with van der Waals surface area (Å²) in [6.45, 7) is 0. The SMILES string of the molecule is NC(=S)N/N=C/C(=O)c1ccccn1. The van der Waals surface area contributed by atoms with Crippen molar-refractivity contribution in [2.45, 2.75) is 0 Å². The first-order chi connectivity index (χ1) is 6.70. The normalized spacial score (nSPS) is 10.0. The van der Waals surface area contributed by atoms with Gasteiger partial charge in [-0.25, -0.2) is 0 Å². The van der Waals surface area contributed by atoms with E-state index in [-0.39, 0.29) is 10.9 Å². The fourth-order valence-electron chi connectivity index (χ4n) is 0.729. The van der Waals surface area contributed by atoms with Gasteiger partial charge < -0.3 is 5.73 Å². The van der Waals surface area contributed by atoms with Crippen molar-refractivity contribution in [3.8, 4) is 0 Å². The summed E-state index contributed by atoms with van der Waals surface area (Å²) < 4.78 is 0. The van der Waals surface area contributed by atoms with Gasteiger partial charge in [0.2, 0.25) is 5.78 Å². The summed E-state index contributed by atoms with van der Waals surface area (Å²) in [6.07, 6.45) is 2.60. The lowest BCUT2D eigenvalue weighted by Gasteiger charge is -1.94. The van der Waals surface area contributed by atoms with Gasteiger partial charge in [0.25, 0.3) is 0 Å². The van der Waals surface area contributed by atoms with E-state index < -0.39 is 0 Å². The van der Waals surface area contributed by atoms with Crippen molar-refractivity contribution in [3.05, 3.63) is 30.1 Å². The van der Waals surface area contributed by atoms with Crippen molar-refractivity contribution in [3.63, 3.8) is 0 Å². The average Bonchev–Trinajstić information content (AvgIpc) is 2.18. The minimum Gasteiger partial charge on any atom is -0.375 e. The van der Waals surface area contributed by atoms with Crippen molar-refractivity contribution in [2.24, 2.45) is 10.8 Å². The molecule has 0 atom stereocenters. The van der Waals surface area contributed by atoms with Gasteiger partial charge in [-0.05, 0) is 24.4 Å². The first-order valence-corrected chi connectivity index (χ1v) is 4.15. The van der Waals surface area contributed by atoms with Crippen molar-refractivity contribution >= 4 is 29.3 Å². The number of pyridine rings is 1. The lowest BCUT2D eigenvalue weighted by Crippen LogP contribution is -2.24. The predicted molar refractivity (Wildman–Crippen MR) is 57.0 cm³/mol. The van der Waals surface area contributed by atoms with E-state index in [0.717, 1.165) is 6.21 Å². The number of hydrogen-bond acceptors (Lipinski definition) is 4. The fourth-order valence-corrected chi connectivity index (χ4v) is 0.782. The molecule has 0 aliphatic carbocycles. The molecule has 3 N–H and O–H groups in total. The number of aromatic nitrogens is 1. The summed E-state index contributed by atoms with van der Waals surface area (Å²) >= 11 is 4.49. The van der Waals surface area contributed by atoms with Gasteiger partial charge in [0.05, 0.1) is 6.21 Å². The molecule has 0 aliphatic rings. The van der Waals surface area contributed by atoms with E-state index in [0.29, 0.717) is 5.69 Å². The molecule has 0 saturated heterocycles. The van der Waals surface area contributed by atoms with Crippen LogP contribution in [0.5, 0.6) is 0 Å². The van der Waals surface area contributed by atoms with E-state index in [1.807, 2.05) is 0 Å². The zero-order valence-corrected chi connectivity index (χ0v) is 7.99. The number of carbonyl (C=O) groups excluding carboxylic acids is 1. The Balaban J connectivity index is 2.59. The van der Waals surface area contributed by atoms with Gasteiger partial charge in [0.1, 0.15) is 5.69 Å². The first-order valence-electron chi connectivity index (χ1n) is 3.74. The van der Waals surface area contributed by atoms with E-state index in [1.54, 1.807) is 18.2 Å². The minimum atomic E-state index is -0.311. The molecular weight excluding hydrogens is 200 g/mol. The van der Waals surface area contributed by atoms with Gasteiger partial charge in [0, 0.05) is 6.20 Å². The highest BCUT2D eigenvalue weighted by Gasteiger charge is 2.01. The quantitative estimate of drug-likeness (QED) is 0.318. The van der Waals surface area contributed by atoms with Crippen molar-refractivity contribution in [1.29, 1.82) is 0 Å². The molecule has 0 amide bonds. The van der Waals surface area contributed by atoms with Crippen LogP contribution < -0.4 is 11.2 Å². The molecule has 0 aliphatic heterocycles. The number of carbonyl (C=O) groups is 1. The number of ketones is 1. The molecule has 0 spiro atoms. The smallest absolute Gasteiger partial charge is 0.224 e. The molecular formula is C8H8N4OS. The Morgan fingerprint density at radius 1 is 1.64 bits per heavy atom. The molecule has 0 bridgehead atoms. The summed E-state index contributed by atoms with van der Waals surface area (Å²) in [5.74, 6) is -0.311. The van der Waals surface area contributed by atoms with Crippen molar-refractivity contribution in [2.75, 3.05) is 0 Å². The van der Waals surface area contributed by atoms with Gasteiger partial charge in [-0.2, -0.15) is 5.10 Å². The van der Waals surface area contributed by atoms with Gasteiger partial charge in [-0.3, -0.25) is 15.2 Å². The largest absolute Gasteiger partial charge is 0.375 e. The van der Waals surface area contributed by atoms with Gasteiger partial charge in [0.15, 0.2) is 5.11 Å². The number of rotatable bonds is 3. The highest BCUT2D eigenvalue weighted by molar-refractivity contribution is 7.80. The van der Waals surface area contributed by atoms with E-state index in [2.05, 4.69) is 27.7 Å². The Hall–Kier alpha value is -1.82. The molecule has 1 heterocycles. The molecule has 0 radical (unpaired) electrons. The second kappa shape index (κ2) is 5.03. The van der Waals surface area contributed by atoms with Crippen molar-refractivity contribution < 1.29 is 4.79 Å². The van der Waals surface area contributed by atoms with Crippen LogP contribution in [-0.4, -0.2) is 22.1 Å². The predicted octanol–water partition coefficient (Wildman–Crippen LogP) is 0.0833. The lowest BCUT2D eigenvalue weighted by molar-refractivity contribution is 0.106. The standard InChI is InChI=1S/C8H8N4OS/c9-8(14)12-11-5-7(13)6-3-1-2-4-10-6/h1-5H,(H3,9,12,14)/b11-5+. The monoisotopic (exact) mass is 208 g/mol. The Labute approximate surface area is 86.0 Å². The molecule has 0 fully saturated rings. The number of nitrogens with two attached hydrogens (primary N) is 1. The second-order valence-corrected chi connectivity index (χ2v) is 2.75. The Morgan fingerprint density at radius 3 is 3.00 bits per heavy atom. The Morgan fingerprint density at radius 2 is 2.43 bits per heavy atom. The molecule has 0 unspecified atom stereocenters. The van der Waals surface area contributed by atoms with Gasteiger partial charge >= 0.3 is 0 Å². The summed E-state index contributed by atoms with van der Waals surface area (Å²) in [6, 6.07) is 5.03. The number of thiocarbonyl (C=S) groups is 1. The number of Topliss-reactive ketones (excluding diaryl/α,β-unsaturated/α-hetero) is 1. The van der Waals surface area contributed by atoms with Crippen LogP contribution in [0.15, 0.2) is 29.5 Å². The molecule has 1 aromatic heterocycles. The van der Waals surface area contributed by atoms with Crippen LogP contribution >= 0.6 is 12.2 Å². The van der Waals surface area contributed by atoms with Crippen LogP contribution in [0.1, 0.15) is 10.5 Å². The van der Waals surface area contributed by atoms with E-state index in [4.69, 9.17) is 5.73 Å². The van der Waals surface area contributed by atoms with Crippen LogP contribution in [0.25, 0.3) is 0 Å². The van der Waals surface area contributed by atoms with E-state index >= 15 is 0 Å². The lowest BCUT2D eigenvalue weighted by atomic mass is 10.3. The summed E-state index contributed by atoms with van der Waals surface area (Å²) in [5, 5.41) is 3.53. The maximum Gasteiger partial charge on any atom is 0.224 e. The summed E-state index contributed by atoms with van der Waals surface area (Å²) in [4.78, 5) is 15.1. The second-order valence-electron chi connectivity index (χ2n) is 2.31. The fraction of sp³-hybridized carbons (Fsp3) is 0. The number of nitrogens with zero attached hydrogens (tertiary/aromatic N) is 2.